The maximum atomic E-state index is 14.1. The largest absolute Gasteiger partial charge is 0.450 e. The minimum absolute atomic E-state index is 0.0461. The van der Waals surface area contributed by atoms with Gasteiger partial charge in [-0.3, -0.25) is 15.0 Å². The Balaban J connectivity index is 2.49. The molecule has 0 bridgehead atoms. The van der Waals surface area contributed by atoms with Gasteiger partial charge < -0.3 is 5.02 Å². The van der Waals surface area contributed by atoms with Crippen LogP contribution in [0.4, 0.5) is 4.39 Å². The van der Waals surface area contributed by atoms with Gasteiger partial charge in [0.1, 0.15) is 5.82 Å². The molecule has 0 aliphatic heterocycles. The Bertz CT molecular complexity index is 972. The molecule has 2 N–H and O–H groups in total. The second-order valence-corrected chi connectivity index (χ2v) is 9.15. The Morgan fingerprint density at radius 1 is 1.19 bits per heavy atom. The fourth-order valence-electron chi connectivity index (χ4n) is 4.04. The van der Waals surface area contributed by atoms with E-state index in [1.165, 1.54) is 11.1 Å². The third kappa shape index (κ3) is 5.97. The van der Waals surface area contributed by atoms with Crippen molar-refractivity contribution in [3.63, 3.8) is 0 Å². The molecular weight excluding hydrogens is 406 g/mol. The van der Waals surface area contributed by atoms with Crippen molar-refractivity contribution in [2.24, 2.45) is 5.41 Å². The number of aryl methyl sites for hydroxylation is 1. The molecule has 1 atom stereocenters. The summed E-state index contributed by atoms with van der Waals surface area (Å²) in [4.78, 5) is 26.8. The number of carbonyl (C=O) groups excluding carboxylic acids is 2. The number of hydrogen-bond donors (Lipinski definition) is 2. The van der Waals surface area contributed by atoms with E-state index in [1.54, 1.807) is 6.07 Å². The number of carbonyl (C=O) groups is 2. The summed E-state index contributed by atoms with van der Waals surface area (Å²) < 4.78 is 14.1. The molecule has 1 unspecified atom stereocenters. The topological polar surface area (TPSA) is 69.6 Å². The quantitative estimate of drug-likeness (QED) is 0.507. The van der Waals surface area contributed by atoms with Crippen molar-refractivity contribution in [2.75, 3.05) is 0 Å². The Hall–Kier alpha value is -2.67. The van der Waals surface area contributed by atoms with E-state index in [0.29, 0.717) is 12.0 Å². The lowest BCUT2D eigenvalue weighted by Gasteiger charge is -2.39. The van der Waals surface area contributed by atoms with Crippen molar-refractivity contribution in [3.8, 4) is 0 Å². The lowest BCUT2D eigenvalue weighted by molar-refractivity contribution is 0.0284. The molecule has 2 rings (SSSR count). The summed E-state index contributed by atoms with van der Waals surface area (Å²) in [5.74, 6) is -1.57. The van der Waals surface area contributed by atoms with Gasteiger partial charge in [0.2, 0.25) is 0 Å². The van der Waals surface area contributed by atoms with Crippen molar-refractivity contribution >= 4 is 24.8 Å². The van der Waals surface area contributed by atoms with Crippen LogP contribution in [0.5, 0.6) is 0 Å². The third-order valence-corrected chi connectivity index (χ3v) is 5.66. The highest BCUT2D eigenvalue weighted by atomic mass is 19.1. The summed E-state index contributed by atoms with van der Waals surface area (Å²) in [5, 5.41) is 10.6. The van der Waals surface area contributed by atoms with Crippen LogP contribution < -0.4 is 10.9 Å². The monoisotopic (exact) mass is 439 g/mol. The maximum Gasteiger partial charge on any atom is 0.326 e. The van der Waals surface area contributed by atoms with E-state index < -0.39 is 11.7 Å². The molecule has 0 saturated heterocycles. The first-order valence-corrected chi connectivity index (χ1v) is 11.0. The molecule has 2 amide bonds. The molecule has 0 spiro atoms. The molecule has 171 valence electrons. The lowest BCUT2D eigenvalue weighted by Crippen LogP contribution is -2.56. The highest BCUT2D eigenvalue weighted by molar-refractivity contribution is 6.45. The van der Waals surface area contributed by atoms with Crippen LogP contribution in [0.15, 0.2) is 36.4 Å². The first kappa shape index (κ1) is 25.6. The standard InChI is InChI=1S/C25H33BFN2O3/c1-7-10-17-11-9-12-21(16(17)3)23(30)28-29(22(8-2)25(4,5)6)24(31)18-13-19(26-32)15-20(27)14-18/h9,11-15,22,32H,7-8,10H2,1-6H3,(H,28,30). The molecule has 0 aromatic heterocycles. The highest BCUT2D eigenvalue weighted by Gasteiger charge is 2.34. The third-order valence-electron chi connectivity index (χ3n) is 5.66. The lowest BCUT2D eigenvalue weighted by atomic mass is 9.84. The van der Waals surface area contributed by atoms with E-state index in [-0.39, 0.29) is 28.4 Å². The summed E-state index contributed by atoms with van der Waals surface area (Å²) in [6, 6.07) is 8.87. The smallest absolute Gasteiger partial charge is 0.326 e. The van der Waals surface area contributed by atoms with E-state index >= 15 is 0 Å². The van der Waals surface area contributed by atoms with Gasteiger partial charge in [0.15, 0.2) is 0 Å². The molecular formula is C25H33BFN2O3. The fraction of sp³-hybridized carbons (Fsp3) is 0.440. The van der Waals surface area contributed by atoms with Gasteiger partial charge in [0.05, 0.1) is 6.04 Å². The van der Waals surface area contributed by atoms with E-state index in [1.807, 2.05) is 46.8 Å². The van der Waals surface area contributed by atoms with E-state index in [0.717, 1.165) is 43.6 Å². The summed E-state index contributed by atoms with van der Waals surface area (Å²) in [6.07, 6.45) is 2.40. The van der Waals surface area contributed by atoms with Gasteiger partial charge in [-0.15, -0.1) is 0 Å². The van der Waals surface area contributed by atoms with Crippen molar-refractivity contribution < 1.29 is 19.0 Å². The molecule has 0 aliphatic carbocycles. The van der Waals surface area contributed by atoms with Crippen LogP contribution >= 0.6 is 0 Å². The predicted octanol–water partition coefficient (Wildman–Crippen LogP) is 3.94. The average Bonchev–Trinajstić information content (AvgIpc) is 2.73. The summed E-state index contributed by atoms with van der Waals surface area (Å²) in [7, 11) is 0.742. The first-order chi connectivity index (χ1) is 15.0. The normalized spacial score (nSPS) is 12.2. The van der Waals surface area contributed by atoms with Gasteiger partial charge in [-0.05, 0) is 54.5 Å². The van der Waals surface area contributed by atoms with Crippen molar-refractivity contribution in [1.82, 2.24) is 10.4 Å². The van der Waals surface area contributed by atoms with Crippen LogP contribution in [-0.4, -0.2) is 35.4 Å². The molecule has 7 heteroatoms. The second kappa shape index (κ2) is 10.8. The zero-order valence-electron chi connectivity index (χ0n) is 19.8. The molecule has 0 saturated carbocycles. The zero-order valence-corrected chi connectivity index (χ0v) is 19.8. The molecule has 0 fully saturated rings. The number of halogens is 1. The van der Waals surface area contributed by atoms with Crippen LogP contribution in [-0.2, 0) is 6.42 Å². The maximum absolute atomic E-state index is 14.1. The van der Waals surface area contributed by atoms with Crippen LogP contribution in [0.3, 0.4) is 0 Å². The summed E-state index contributed by atoms with van der Waals surface area (Å²) >= 11 is 0. The van der Waals surface area contributed by atoms with Gasteiger partial charge in [0.25, 0.3) is 11.8 Å². The van der Waals surface area contributed by atoms with Gasteiger partial charge >= 0.3 is 7.48 Å². The first-order valence-electron chi connectivity index (χ1n) is 11.0. The second-order valence-electron chi connectivity index (χ2n) is 9.15. The Morgan fingerprint density at radius 3 is 2.44 bits per heavy atom. The van der Waals surface area contributed by atoms with Gasteiger partial charge in [-0.2, -0.15) is 0 Å². The van der Waals surface area contributed by atoms with Crippen molar-refractivity contribution in [2.45, 2.75) is 66.8 Å². The Labute approximate surface area is 191 Å². The van der Waals surface area contributed by atoms with E-state index in [9.17, 15) is 19.0 Å². The number of hydrazine groups is 1. The molecule has 2 aromatic carbocycles. The van der Waals surface area contributed by atoms with Crippen molar-refractivity contribution in [3.05, 3.63) is 64.5 Å². The van der Waals surface area contributed by atoms with Gasteiger partial charge in [-0.25, -0.2) is 9.40 Å². The zero-order chi connectivity index (χ0) is 24.1. The molecule has 32 heavy (non-hydrogen) atoms. The van der Waals surface area contributed by atoms with E-state index in [4.69, 9.17) is 0 Å². The Kier molecular flexibility index (Phi) is 8.62. The van der Waals surface area contributed by atoms with Gasteiger partial charge in [-0.1, -0.05) is 64.7 Å². The number of nitrogens with zero attached hydrogens (tertiary/aromatic N) is 1. The minimum Gasteiger partial charge on any atom is -0.450 e. The van der Waals surface area contributed by atoms with Crippen molar-refractivity contribution in [1.29, 1.82) is 0 Å². The number of amides is 2. The molecule has 2 aromatic rings. The number of nitrogens with one attached hydrogen (secondary N) is 1. The average molecular weight is 439 g/mol. The molecule has 1 radical (unpaired) electrons. The van der Waals surface area contributed by atoms with Crippen LogP contribution in [0, 0.1) is 18.2 Å². The fourth-order valence-corrected chi connectivity index (χ4v) is 4.04. The summed E-state index contributed by atoms with van der Waals surface area (Å²) in [5.41, 5.74) is 5.15. The van der Waals surface area contributed by atoms with Gasteiger partial charge in [0, 0.05) is 11.1 Å². The Morgan fingerprint density at radius 2 is 1.88 bits per heavy atom. The van der Waals surface area contributed by atoms with Crippen LogP contribution in [0.2, 0.25) is 0 Å². The van der Waals surface area contributed by atoms with Crippen LogP contribution in [0.25, 0.3) is 0 Å². The minimum atomic E-state index is -0.644. The van der Waals surface area contributed by atoms with Crippen LogP contribution in [0.1, 0.15) is 79.3 Å². The van der Waals surface area contributed by atoms with E-state index in [2.05, 4.69) is 12.3 Å². The summed E-state index contributed by atoms with van der Waals surface area (Å²) in [6.45, 7) is 11.9. The molecule has 5 nitrogen and oxygen atoms in total. The SMILES string of the molecule is CCCc1cccc(C(=O)NN(C(=O)c2cc(F)cc([B]O)c2)C(CC)C(C)(C)C)c1C. The molecule has 0 aliphatic rings. The highest BCUT2D eigenvalue weighted by Crippen LogP contribution is 2.27. The molecule has 0 heterocycles. The predicted molar refractivity (Wildman–Crippen MR) is 126 cm³/mol. The number of hydrogen-bond acceptors (Lipinski definition) is 3. The number of rotatable bonds is 7. The number of benzene rings is 2.